The SMILES string of the molecule is CCN(C)CC(=O)c1ccc(F)cc1F. The fourth-order valence-electron chi connectivity index (χ4n) is 1.16. The summed E-state index contributed by atoms with van der Waals surface area (Å²) in [6.45, 7) is 2.74. The smallest absolute Gasteiger partial charge is 0.179 e. The predicted octanol–water partition coefficient (Wildman–Crippen LogP) is 2.10. The minimum Gasteiger partial charge on any atom is -0.299 e. The van der Waals surface area contributed by atoms with Gasteiger partial charge in [-0.25, -0.2) is 8.78 Å². The Balaban J connectivity index is 2.82. The van der Waals surface area contributed by atoms with Crippen molar-refractivity contribution in [2.75, 3.05) is 20.1 Å². The van der Waals surface area contributed by atoms with Crippen molar-refractivity contribution in [3.63, 3.8) is 0 Å². The van der Waals surface area contributed by atoms with Crippen LogP contribution in [-0.4, -0.2) is 30.8 Å². The van der Waals surface area contributed by atoms with E-state index in [2.05, 4.69) is 0 Å². The van der Waals surface area contributed by atoms with Gasteiger partial charge < -0.3 is 0 Å². The second kappa shape index (κ2) is 4.98. The number of ketones is 1. The van der Waals surface area contributed by atoms with Gasteiger partial charge in [-0.1, -0.05) is 6.92 Å². The summed E-state index contributed by atoms with van der Waals surface area (Å²) in [5.74, 6) is -1.81. The topological polar surface area (TPSA) is 20.3 Å². The quantitative estimate of drug-likeness (QED) is 0.714. The van der Waals surface area contributed by atoms with E-state index in [0.717, 1.165) is 12.1 Å². The Morgan fingerprint density at radius 3 is 2.60 bits per heavy atom. The van der Waals surface area contributed by atoms with Crippen LogP contribution in [0, 0.1) is 11.6 Å². The molecule has 0 spiro atoms. The van der Waals surface area contributed by atoms with Crippen LogP contribution in [0.3, 0.4) is 0 Å². The van der Waals surface area contributed by atoms with Crippen LogP contribution >= 0.6 is 0 Å². The first-order chi connectivity index (χ1) is 7.04. The molecule has 4 heteroatoms. The Bertz CT molecular complexity index is 366. The zero-order valence-corrected chi connectivity index (χ0v) is 8.76. The molecule has 2 nitrogen and oxygen atoms in total. The van der Waals surface area contributed by atoms with Gasteiger partial charge in [0.25, 0.3) is 0 Å². The molecule has 1 rings (SSSR count). The Hall–Kier alpha value is -1.29. The van der Waals surface area contributed by atoms with Gasteiger partial charge in [-0.05, 0) is 25.7 Å². The van der Waals surface area contributed by atoms with Gasteiger partial charge in [0.2, 0.25) is 0 Å². The van der Waals surface area contributed by atoms with Crippen molar-refractivity contribution in [3.05, 3.63) is 35.4 Å². The van der Waals surface area contributed by atoms with E-state index in [1.165, 1.54) is 6.07 Å². The Morgan fingerprint density at radius 1 is 1.40 bits per heavy atom. The van der Waals surface area contributed by atoms with Gasteiger partial charge >= 0.3 is 0 Å². The maximum atomic E-state index is 13.2. The molecule has 0 saturated carbocycles. The van der Waals surface area contributed by atoms with E-state index in [-0.39, 0.29) is 17.9 Å². The summed E-state index contributed by atoms with van der Waals surface area (Å²) in [7, 11) is 1.76. The maximum absolute atomic E-state index is 13.2. The van der Waals surface area contributed by atoms with Crippen molar-refractivity contribution in [3.8, 4) is 0 Å². The van der Waals surface area contributed by atoms with Gasteiger partial charge in [0.1, 0.15) is 11.6 Å². The van der Waals surface area contributed by atoms with E-state index in [1.54, 1.807) is 11.9 Å². The van der Waals surface area contributed by atoms with Crippen LogP contribution < -0.4 is 0 Å². The monoisotopic (exact) mass is 213 g/mol. The summed E-state index contributed by atoms with van der Waals surface area (Å²) in [5.41, 5.74) is -0.0586. The fraction of sp³-hybridized carbons (Fsp3) is 0.364. The first-order valence-corrected chi connectivity index (χ1v) is 4.71. The summed E-state index contributed by atoms with van der Waals surface area (Å²) < 4.78 is 25.8. The van der Waals surface area contributed by atoms with E-state index in [0.29, 0.717) is 6.54 Å². The van der Waals surface area contributed by atoms with Crippen LogP contribution in [0.1, 0.15) is 17.3 Å². The number of rotatable bonds is 4. The van der Waals surface area contributed by atoms with E-state index in [9.17, 15) is 13.6 Å². The van der Waals surface area contributed by atoms with E-state index in [4.69, 9.17) is 0 Å². The molecule has 0 fully saturated rings. The summed E-state index contributed by atoms with van der Waals surface area (Å²) >= 11 is 0. The van der Waals surface area contributed by atoms with Gasteiger partial charge in [-0.3, -0.25) is 9.69 Å². The number of nitrogens with zero attached hydrogens (tertiary/aromatic N) is 1. The second-order valence-corrected chi connectivity index (χ2v) is 3.38. The molecule has 0 radical (unpaired) electrons. The van der Waals surface area contributed by atoms with Crippen molar-refractivity contribution in [1.29, 1.82) is 0 Å². The summed E-state index contributed by atoms with van der Waals surface area (Å²) in [5, 5.41) is 0. The largest absolute Gasteiger partial charge is 0.299 e. The van der Waals surface area contributed by atoms with Crippen molar-refractivity contribution >= 4 is 5.78 Å². The molecular formula is C11H13F2NO. The van der Waals surface area contributed by atoms with Gasteiger partial charge in [-0.2, -0.15) is 0 Å². The highest BCUT2D eigenvalue weighted by molar-refractivity contribution is 5.97. The minimum atomic E-state index is -0.801. The number of carbonyl (C=O) groups is 1. The van der Waals surface area contributed by atoms with Crippen LogP contribution in [0.4, 0.5) is 8.78 Å². The molecule has 15 heavy (non-hydrogen) atoms. The number of carbonyl (C=O) groups excluding carboxylic acids is 1. The van der Waals surface area contributed by atoms with Gasteiger partial charge in [0.15, 0.2) is 5.78 Å². The standard InChI is InChI=1S/C11H13F2NO/c1-3-14(2)7-11(15)9-5-4-8(12)6-10(9)13/h4-6H,3,7H2,1-2H3. The molecule has 82 valence electrons. The molecule has 0 aliphatic heterocycles. The molecule has 0 N–H and O–H groups in total. The number of hydrogen-bond acceptors (Lipinski definition) is 2. The maximum Gasteiger partial charge on any atom is 0.179 e. The van der Waals surface area contributed by atoms with E-state index >= 15 is 0 Å². The highest BCUT2D eigenvalue weighted by atomic mass is 19.1. The van der Waals surface area contributed by atoms with Gasteiger partial charge in [-0.15, -0.1) is 0 Å². The Kier molecular flexibility index (Phi) is 3.91. The Morgan fingerprint density at radius 2 is 2.07 bits per heavy atom. The van der Waals surface area contributed by atoms with Crippen LogP contribution in [0.2, 0.25) is 0 Å². The molecule has 1 aromatic carbocycles. The average molecular weight is 213 g/mol. The fourth-order valence-corrected chi connectivity index (χ4v) is 1.16. The second-order valence-electron chi connectivity index (χ2n) is 3.38. The third kappa shape index (κ3) is 3.09. The third-order valence-electron chi connectivity index (χ3n) is 2.18. The van der Waals surface area contributed by atoms with Crippen molar-refractivity contribution < 1.29 is 13.6 Å². The highest BCUT2D eigenvalue weighted by Gasteiger charge is 2.13. The van der Waals surface area contributed by atoms with Crippen molar-refractivity contribution in [1.82, 2.24) is 4.90 Å². The molecular weight excluding hydrogens is 200 g/mol. The molecule has 0 heterocycles. The van der Waals surface area contributed by atoms with Gasteiger partial charge in [0, 0.05) is 6.07 Å². The first-order valence-electron chi connectivity index (χ1n) is 4.71. The van der Waals surface area contributed by atoms with E-state index < -0.39 is 11.6 Å². The number of benzene rings is 1. The highest BCUT2D eigenvalue weighted by Crippen LogP contribution is 2.10. The molecule has 0 saturated heterocycles. The zero-order valence-electron chi connectivity index (χ0n) is 8.76. The molecule has 0 unspecified atom stereocenters. The third-order valence-corrected chi connectivity index (χ3v) is 2.18. The summed E-state index contributed by atoms with van der Waals surface area (Å²) in [6, 6.07) is 2.98. The van der Waals surface area contributed by atoms with Crippen LogP contribution in [0.25, 0.3) is 0 Å². The van der Waals surface area contributed by atoms with Crippen molar-refractivity contribution in [2.45, 2.75) is 6.92 Å². The zero-order chi connectivity index (χ0) is 11.4. The molecule has 0 bridgehead atoms. The molecule has 0 aliphatic carbocycles. The lowest BCUT2D eigenvalue weighted by Crippen LogP contribution is -2.26. The lowest BCUT2D eigenvalue weighted by Gasteiger charge is -2.12. The number of halogens is 2. The molecule has 1 aromatic rings. The number of Topliss-reactive ketones (excluding diaryl/α,β-unsaturated/α-hetero) is 1. The Labute approximate surface area is 87.5 Å². The minimum absolute atomic E-state index is 0.0586. The van der Waals surface area contributed by atoms with E-state index in [1.807, 2.05) is 6.92 Å². The molecule has 0 aliphatic rings. The molecule has 0 aromatic heterocycles. The molecule has 0 atom stereocenters. The number of likely N-dealkylation sites (N-methyl/N-ethyl adjacent to an activating group) is 1. The van der Waals surface area contributed by atoms with Crippen molar-refractivity contribution in [2.24, 2.45) is 0 Å². The number of hydrogen-bond donors (Lipinski definition) is 0. The predicted molar refractivity (Wildman–Crippen MR) is 53.9 cm³/mol. The van der Waals surface area contributed by atoms with Crippen LogP contribution in [0.15, 0.2) is 18.2 Å². The lowest BCUT2D eigenvalue weighted by atomic mass is 10.1. The van der Waals surface area contributed by atoms with Gasteiger partial charge in [0.05, 0.1) is 12.1 Å². The summed E-state index contributed by atoms with van der Waals surface area (Å²) in [6.07, 6.45) is 0. The van der Waals surface area contributed by atoms with Crippen LogP contribution in [-0.2, 0) is 0 Å². The first kappa shape index (κ1) is 11.8. The normalized spacial score (nSPS) is 10.7. The lowest BCUT2D eigenvalue weighted by molar-refractivity contribution is 0.0945. The molecule has 0 amide bonds. The average Bonchev–Trinajstić information content (AvgIpc) is 2.17. The summed E-state index contributed by atoms with van der Waals surface area (Å²) in [4.78, 5) is 13.3. The van der Waals surface area contributed by atoms with Crippen LogP contribution in [0.5, 0.6) is 0 Å².